The Morgan fingerprint density at radius 3 is 2.81 bits per heavy atom. The molecule has 5 rings (SSSR count). The van der Waals surface area contributed by atoms with E-state index in [-0.39, 0.29) is 6.04 Å². The first-order valence-electron chi connectivity index (χ1n) is 11.3. The first kappa shape index (κ1) is 20.7. The third-order valence-corrected chi connectivity index (χ3v) is 6.99. The van der Waals surface area contributed by atoms with Gasteiger partial charge in [-0.2, -0.15) is 10.4 Å². The third kappa shape index (κ3) is 3.45. The number of aromatic nitrogens is 3. The van der Waals surface area contributed by atoms with Gasteiger partial charge in [0.05, 0.1) is 30.0 Å². The second-order valence-electron chi connectivity index (χ2n) is 9.12. The molecule has 3 aromatic rings. The smallest absolute Gasteiger partial charge is 0.157 e. The van der Waals surface area contributed by atoms with E-state index in [1.807, 2.05) is 32.2 Å². The van der Waals surface area contributed by atoms with Crippen molar-refractivity contribution in [1.29, 1.82) is 5.26 Å². The molecule has 2 fully saturated rings. The van der Waals surface area contributed by atoms with Crippen LogP contribution in [-0.4, -0.2) is 41.5 Å². The summed E-state index contributed by atoms with van der Waals surface area (Å²) >= 11 is 0. The number of ether oxygens (including phenoxy) is 1. The zero-order valence-corrected chi connectivity index (χ0v) is 18.9. The normalized spacial score (nSPS) is 17.9. The molecule has 1 N–H and O–H groups in total. The van der Waals surface area contributed by atoms with Crippen molar-refractivity contribution in [2.45, 2.75) is 39.7 Å². The van der Waals surface area contributed by atoms with Crippen LogP contribution in [0.25, 0.3) is 10.8 Å². The Balaban J connectivity index is 1.48. The van der Waals surface area contributed by atoms with Crippen molar-refractivity contribution in [3.05, 3.63) is 52.8 Å². The van der Waals surface area contributed by atoms with Crippen LogP contribution in [0.4, 0.5) is 11.6 Å². The average Bonchev–Trinajstić information content (AvgIpc) is 3.29. The number of benzene rings is 1. The fourth-order valence-corrected chi connectivity index (χ4v) is 4.98. The summed E-state index contributed by atoms with van der Waals surface area (Å²) in [6.45, 7) is 9.81. The van der Waals surface area contributed by atoms with E-state index in [9.17, 15) is 5.26 Å². The topological polar surface area (TPSA) is 87.0 Å². The van der Waals surface area contributed by atoms with Crippen LogP contribution in [-0.2, 0) is 4.74 Å². The van der Waals surface area contributed by atoms with Crippen LogP contribution in [0, 0.1) is 30.6 Å². The number of rotatable bonds is 5. The lowest BCUT2D eigenvalue weighted by atomic mass is 9.79. The molecule has 0 bridgehead atoms. The number of nitrogens with zero attached hydrogens (tertiary/aromatic N) is 5. The van der Waals surface area contributed by atoms with Gasteiger partial charge in [-0.05, 0) is 49.9 Å². The lowest BCUT2D eigenvalue weighted by Crippen LogP contribution is -2.57. The van der Waals surface area contributed by atoms with Gasteiger partial charge in [0.25, 0.3) is 0 Å². The number of hydrogen-bond donors (Lipinski definition) is 1. The standard InChI is InChI=1S/C25H28N6O/c1-4-22(19-7-5-6-18(11-26)16(19)2)28-24-20-10-23(27-12-21(20)17(3)29-30-24)31-13-25(14-31)8-9-32-15-25/h5-7,10,12,22H,4,8-9,13-15H2,1-3H3,(H,28,30)/t22-/m1/s1. The molecule has 0 radical (unpaired) electrons. The van der Waals surface area contributed by atoms with Crippen molar-refractivity contribution in [2.75, 3.05) is 36.5 Å². The molecule has 2 saturated heterocycles. The minimum atomic E-state index is 0.0306. The first-order valence-corrected chi connectivity index (χ1v) is 11.3. The molecule has 4 heterocycles. The lowest BCUT2D eigenvalue weighted by Gasteiger charge is -2.47. The molecule has 1 aromatic carbocycles. The molecule has 0 amide bonds. The highest BCUT2D eigenvalue weighted by atomic mass is 16.5. The van der Waals surface area contributed by atoms with E-state index in [1.165, 1.54) is 0 Å². The van der Waals surface area contributed by atoms with Crippen molar-refractivity contribution in [2.24, 2.45) is 5.41 Å². The molecule has 2 aromatic heterocycles. The predicted octanol–water partition coefficient (Wildman–Crippen LogP) is 4.30. The summed E-state index contributed by atoms with van der Waals surface area (Å²) in [4.78, 5) is 7.06. The summed E-state index contributed by atoms with van der Waals surface area (Å²) in [7, 11) is 0. The minimum absolute atomic E-state index is 0.0306. The Kier molecular flexibility index (Phi) is 5.18. The third-order valence-electron chi connectivity index (χ3n) is 6.99. The summed E-state index contributed by atoms with van der Waals surface area (Å²) < 4.78 is 5.62. The van der Waals surface area contributed by atoms with Crippen molar-refractivity contribution < 1.29 is 4.74 Å². The van der Waals surface area contributed by atoms with E-state index in [1.54, 1.807) is 0 Å². The van der Waals surface area contributed by atoms with Crippen LogP contribution in [0.15, 0.2) is 30.5 Å². The number of aryl methyl sites for hydroxylation is 1. The van der Waals surface area contributed by atoms with E-state index >= 15 is 0 Å². The summed E-state index contributed by atoms with van der Waals surface area (Å²) in [5, 5.41) is 24.0. The molecule has 164 valence electrons. The monoisotopic (exact) mass is 428 g/mol. The maximum Gasteiger partial charge on any atom is 0.157 e. The molecule has 7 nitrogen and oxygen atoms in total. The predicted molar refractivity (Wildman–Crippen MR) is 125 cm³/mol. The summed E-state index contributed by atoms with van der Waals surface area (Å²) in [5.41, 5.74) is 4.00. The highest BCUT2D eigenvalue weighted by molar-refractivity contribution is 5.94. The van der Waals surface area contributed by atoms with E-state index in [0.717, 1.165) is 78.4 Å². The molecule has 0 saturated carbocycles. The van der Waals surface area contributed by atoms with E-state index in [4.69, 9.17) is 9.72 Å². The van der Waals surface area contributed by atoms with Gasteiger partial charge in [0.2, 0.25) is 0 Å². The summed E-state index contributed by atoms with van der Waals surface area (Å²) in [5.74, 6) is 1.73. The second kappa shape index (κ2) is 8.03. The first-order chi connectivity index (χ1) is 15.5. The molecule has 32 heavy (non-hydrogen) atoms. The maximum absolute atomic E-state index is 9.43. The molecule has 0 aliphatic carbocycles. The van der Waals surface area contributed by atoms with Gasteiger partial charge in [-0.25, -0.2) is 4.98 Å². The molecular weight excluding hydrogens is 400 g/mol. The van der Waals surface area contributed by atoms with Crippen LogP contribution in [0.1, 0.15) is 48.2 Å². The van der Waals surface area contributed by atoms with Gasteiger partial charge in [-0.1, -0.05) is 19.1 Å². The fraction of sp³-hybridized carbons (Fsp3) is 0.440. The molecule has 0 unspecified atom stereocenters. The largest absolute Gasteiger partial charge is 0.381 e. The Morgan fingerprint density at radius 1 is 1.25 bits per heavy atom. The zero-order valence-electron chi connectivity index (χ0n) is 18.9. The number of fused-ring (bicyclic) bond motifs is 1. The van der Waals surface area contributed by atoms with Gasteiger partial charge in [0.1, 0.15) is 5.82 Å². The molecular formula is C25H28N6O. The molecule has 7 heteroatoms. The minimum Gasteiger partial charge on any atom is -0.381 e. The number of pyridine rings is 1. The van der Waals surface area contributed by atoms with Crippen LogP contribution < -0.4 is 10.2 Å². The Bertz CT molecular complexity index is 1200. The average molecular weight is 429 g/mol. The number of nitrogens with one attached hydrogen (secondary N) is 1. The lowest BCUT2D eigenvalue weighted by molar-refractivity contribution is 0.131. The Hall–Kier alpha value is -3.24. The van der Waals surface area contributed by atoms with Crippen molar-refractivity contribution in [3.63, 3.8) is 0 Å². The van der Waals surface area contributed by atoms with Gasteiger partial charge in [0, 0.05) is 42.1 Å². The molecule has 1 spiro atoms. The zero-order chi connectivity index (χ0) is 22.3. The Labute approximate surface area is 188 Å². The molecule has 2 aliphatic heterocycles. The summed E-state index contributed by atoms with van der Waals surface area (Å²) in [6, 6.07) is 10.3. The van der Waals surface area contributed by atoms with Gasteiger partial charge in [-0.3, -0.25) is 0 Å². The number of anilines is 2. The van der Waals surface area contributed by atoms with Crippen molar-refractivity contribution >= 4 is 22.4 Å². The highest BCUT2D eigenvalue weighted by Crippen LogP contribution is 2.41. The number of hydrogen-bond acceptors (Lipinski definition) is 7. The van der Waals surface area contributed by atoms with E-state index in [0.29, 0.717) is 11.0 Å². The van der Waals surface area contributed by atoms with Crippen LogP contribution in [0.3, 0.4) is 0 Å². The van der Waals surface area contributed by atoms with Crippen LogP contribution >= 0.6 is 0 Å². The quantitative estimate of drug-likeness (QED) is 0.648. The van der Waals surface area contributed by atoms with Crippen molar-refractivity contribution in [1.82, 2.24) is 15.2 Å². The Morgan fingerprint density at radius 2 is 2.09 bits per heavy atom. The van der Waals surface area contributed by atoms with Gasteiger partial charge >= 0.3 is 0 Å². The van der Waals surface area contributed by atoms with Gasteiger partial charge < -0.3 is 15.0 Å². The second-order valence-corrected chi connectivity index (χ2v) is 9.12. The maximum atomic E-state index is 9.43. The van der Waals surface area contributed by atoms with Gasteiger partial charge in [-0.15, -0.1) is 5.10 Å². The van der Waals surface area contributed by atoms with E-state index < -0.39 is 0 Å². The molecule has 2 aliphatic rings. The number of nitriles is 1. The van der Waals surface area contributed by atoms with Crippen LogP contribution in [0.2, 0.25) is 0 Å². The van der Waals surface area contributed by atoms with E-state index in [2.05, 4.69) is 45.5 Å². The molecule has 1 atom stereocenters. The van der Waals surface area contributed by atoms with Crippen LogP contribution in [0.5, 0.6) is 0 Å². The van der Waals surface area contributed by atoms with Crippen molar-refractivity contribution in [3.8, 4) is 6.07 Å². The van der Waals surface area contributed by atoms with Gasteiger partial charge in [0.15, 0.2) is 5.82 Å². The fourth-order valence-electron chi connectivity index (χ4n) is 4.98. The summed E-state index contributed by atoms with van der Waals surface area (Å²) in [6.07, 6.45) is 3.91. The highest BCUT2D eigenvalue weighted by Gasteiger charge is 2.46. The SMILES string of the molecule is CC[C@@H](Nc1nnc(C)c2cnc(N3CC4(CCOC4)C3)cc12)c1cccc(C#N)c1C.